The zero-order chi connectivity index (χ0) is 23.0. The number of para-hydroxylation sites is 1. The van der Waals surface area contributed by atoms with Crippen molar-refractivity contribution < 1.29 is 19.1 Å². The maximum Gasteiger partial charge on any atom is 0.411 e. The number of methoxy groups -OCH3 is 1. The van der Waals surface area contributed by atoms with E-state index in [1.807, 2.05) is 12.1 Å². The van der Waals surface area contributed by atoms with Crippen LogP contribution in [0.2, 0.25) is 0 Å². The van der Waals surface area contributed by atoms with E-state index in [1.54, 1.807) is 68.0 Å². The van der Waals surface area contributed by atoms with E-state index < -0.39 is 6.09 Å². The molecule has 0 bridgehead atoms. The molecule has 0 atom stereocenters. The van der Waals surface area contributed by atoms with Crippen LogP contribution in [0.3, 0.4) is 0 Å². The maximum atomic E-state index is 12.8. The molecule has 1 aromatic heterocycles. The molecule has 1 aliphatic heterocycles. The van der Waals surface area contributed by atoms with Gasteiger partial charge in [0.2, 0.25) is 0 Å². The molecule has 0 saturated carbocycles. The van der Waals surface area contributed by atoms with Gasteiger partial charge in [0.25, 0.3) is 5.91 Å². The minimum atomic E-state index is -0.568. The van der Waals surface area contributed by atoms with Crippen molar-refractivity contribution in [3.05, 3.63) is 78.6 Å². The first-order valence-electron chi connectivity index (χ1n) is 10.8. The molecule has 8 heteroatoms. The van der Waals surface area contributed by atoms with Crippen molar-refractivity contribution in [2.24, 2.45) is 0 Å². The molecule has 4 rings (SSSR count). The van der Waals surface area contributed by atoms with Crippen molar-refractivity contribution in [3.8, 4) is 5.75 Å². The Bertz CT molecular complexity index is 1080. The van der Waals surface area contributed by atoms with Crippen molar-refractivity contribution in [1.29, 1.82) is 0 Å². The van der Waals surface area contributed by atoms with Crippen LogP contribution in [0.5, 0.6) is 5.75 Å². The Morgan fingerprint density at radius 3 is 2.33 bits per heavy atom. The highest BCUT2D eigenvalue weighted by molar-refractivity contribution is 6.09. The third kappa shape index (κ3) is 5.79. The second-order valence-electron chi connectivity index (χ2n) is 7.65. The topological polar surface area (TPSA) is 92.8 Å². The van der Waals surface area contributed by atoms with Gasteiger partial charge in [-0.2, -0.15) is 0 Å². The molecule has 0 spiro atoms. The number of aromatic nitrogens is 1. The number of anilines is 3. The summed E-state index contributed by atoms with van der Waals surface area (Å²) in [6, 6.07) is 17.8. The predicted octanol–water partition coefficient (Wildman–Crippen LogP) is 4.56. The van der Waals surface area contributed by atoms with Crippen LogP contribution >= 0.6 is 0 Å². The molecule has 3 aromatic rings. The fraction of sp³-hybridized carbons (Fsp3) is 0.240. The van der Waals surface area contributed by atoms with Crippen LogP contribution in [0.15, 0.2) is 73.1 Å². The number of benzene rings is 2. The maximum absolute atomic E-state index is 12.8. The third-order valence-electron chi connectivity index (χ3n) is 5.50. The van der Waals surface area contributed by atoms with Gasteiger partial charge in [-0.05, 0) is 48.5 Å². The lowest BCUT2D eigenvalue weighted by Gasteiger charge is -2.33. The second kappa shape index (κ2) is 10.5. The molecule has 2 N–H and O–H groups in total. The van der Waals surface area contributed by atoms with Crippen LogP contribution in [0.1, 0.15) is 23.2 Å². The second-order valence-corrected chi connectivity index (χ2v) is 7.65. The highest BCUT2D eigenvalue weighted by Crippen LogP contribution is 2.23. The van der Waals surface area contributed by atoms with Crippen LogP contribution in [0.4, 0.5) is 21.9 Å². The number of nitrogens with zero attached hydrogens (tertiary/aromatic N) is 2. The summed E-state index contributed by atoms with van der Waals surface area (Å²) < 4.78 is 10.8. The average Bonchev–Trinajstić information content (AvgIpc) is 2.86. The largest absolute Gasteiger partial charge is 0.497 e. The molecule has 2 amide bonds. The van der Waals surface area contributed by atoms with Crippen LogP contribution in [0.25, 0.3) is 0 Å². The number of hydrogen-bond donors (Lipinski definition) is 2. The Kier molecular flexibility index (Phi) is 7.04. The van der Waals surface area contributed by atoms with Crippen LogP contribution < -0.4 is 20.3 Å². The van der Waals surface area contributed by atoms with Gasteiger partial charge in [0, 0.05) is 49.7 Å². The summed E-state index contributed by atoms with van der Waals surface area (Å²) in [6.45, 7) is 1.59. The number of carbonyl (C=O) groups excluding carboxylic acids is 2. The molecular formula is C25H26N4O4. The van der Waals surface area contributed by atoms with E-state index in [9.17, 15) is 9.59 Å². The lowest BCUT2D eigenvalue weighted by molar-refractivity contribution is 0.0951. The Hall–Kier alpha value is -4.07. The number of carbonyl (C=O) groups is 2. The van der Waals surface area contributed by atoms with Gasteiger partial charge in [0.1, 0.15) is 11.9 Å². The van der Waals surface area contributed by atoms with E-state index in [1.165, 1.54) is 0 Å². The first-order valence-corrected chi connectivity index (χ1v) is 10.8. The highest BCUT2D eigenvalue weighted by atomic mass is 16.6. The molecular weight excluding hydrogens is 420 g/mol. The number of nitrogens with one attached hydrogen (secondary N) is 2. The van der Waals surface area contributed by atoms with Gasteiger partial charge < -0.3 is 19.7 Å². The number of rotatable bonds is 6. The SMILES string of the molecule is COc1ccc(NC(=O)c2ccccc2NC(=O)OC2CCN(c3ccncc3)CC2)cc1. The Balaban J connectivity index is 1.32. The molecule has 0 unspecified atom stereocenters. The average molecular weight is 447 g/mol. The molecule has 0 radical (unpaired) electrons. The van der Waals surface area contributed by atoms with Gasteiger partial charge in [-0.1, -0.05) is 12.1 Å². The summed E-state index contributed by atoms with van der Waals surface area (Å²) in [5.74, 6) is 0.367. The first kappa shape index (κ1) is 22.1. The lowest BCUT2D eigenvalue weighted by atomic mass is 10.1. The van der Waals surface area contributed by atoms with Crippen molar-refractivity contribution in [3.63, 3.8) is 0 Å². The molecule has 1 aliphatic rings. The summed E-state index contributed by atoms with van der Waals surface area (Å²) >= 11 is 0. The van der Waals surface area contributed by atoms with Gasteiger partial charge >= 0.3 is 6.09 Å². The van der Waals surface area contributed by atoms with E-state index in [-0.39, 0.29) is 12.0 Å². The minimum Gasteiger partial charge on any atom is -0.497 e. The van der Waals surface area contributed by atoms with Crippen molar-refractivity contribution in [2.45, 2.75) is 18.9 Å². The van der Waals surface area contributed by atoms with Gasteiger partial charge in [-0.15, -0.1) is 0 Å². The van der Waals surface area contributed by atoms with Gasteiger partial charge in [0.15, 0.2) is 0 Å². The molecule has 2 heterocycles. The first-order chi connectivity index (χ1) is 16.1. The zero-order valence-electron chi connectivity index (χ0n) is 18.4. The summed E-state index contributed by atoms with van der Waals surface area (Å²) in [7, 11) is 1.58. The highest BCUT2D eigenvalue weighted by Gasteiger charge is 2.23. The molecule has 170 valence electrons. The molecule has 8 nitrogen and oxygen atoms in total. The predicted molar refractivity (Wildman–Crippen MR) is 127 cm³/mol. The van der Waals surface area contributed by atoms with Crippen molar-refractivity contribution in [2.75, 3.05) is 35.7 Å². The quantitative estimate of drug-likeness (QED) is 0.577. The molecule has 2 aromatic carbocycles. The lowest BCUT2D eigenvalue weighted by Crippen LogP contribution is -2.38. The number of hydrogen-bond acceptors (Lipinski definition) is 6. The van der Waals surface area contributed by atoms with Gasteiger partial charge in [-0.25, -0.2) is 4.79 Å². The fourth-order valence-electron chi connectivity index (χ4n) is 3.74. The van der Waals surface area contributed by atoms with E-state index in [2.05, 4.69) is 20.5 Å². The fourth-order valence-corrected chi connectivity index (χ4v) is 3.74. The van der Waals surface area contributed by atoms with Gasteiger partial charge in [0.05, 0.1) is 18.4 Å². The summed E-state index contributed by atoms with van der Waals surface area (Å²) in [5, 5.41) is 5.55. The smallest absolute Gasteiger partial charge is 0.411 e. The number of ether oxygens (including phenoxy) is 2. The molecule has 1 saturated heterocycles. The van der Waals surface area contributed by atoms with Crippen LogP contribution in [-0.4, -0.2) is 43.3 Å². The van der Waals surface area contributed by atoms with E-state index >= 15 is 0 Å². The Morgan fingerprint density at radius 2 is 1.64 bits per heavy atom. The monoisotopic (exact) mass is 446 g/mol. The number of pyridine rings is 1. The van der Waals surface area contributed by atoms with Crippen LogP contribution in [0, 0.1) is 0 Å². The van der Waals surface area contributed by atoms with Crippen molar-refractivity contribution >= 4 is 29.1 Å². The van der Waals surface area contributed by atoms with Crippen molar-refractivity contribution in [1.82, 2.24) is 4.98 Å². The summed E-state index contributed by atoms with van der Waals surface area (Å²) in [6.07, 6.45) is 4.26. The molecule has 0 aliphatic carbocycles. The minimum absolute atomic E-state index is 0.177. The Morgan fingerprint density at radius 1 is 0.939 bits per heavy atom. The Labute approximate surface area is 192 Å². The standard InChI is InChI=1S/C25H26N4O4/c1-32-20-8-6-18(7-9-20)27-24(30)22-4-2-3-5-23(22)28-25(31)33-21-12-16-29(17-13-21)19-10-14-26-15-11-19/h2-11,14-15,21H,12-13,16-17H2,1H3,(H,27,30)(H,28,31). The summed E-state index contributed by atoms with van der Waals surface area (Å²) in [4.78, 5) is 31.6. The molecule has 33 heavy (non-hydrogen) atoms. The zero-order valence-corrected chi connectivity index (χ0v) is 18.4. The van der Waals surface area contributed by atoms with E-state index in [4.69, 9.17) is 9.47 Å². The summed E-state index contributed by atoms with van der Waals surface area (Å²) in [5.41, 5.74) is 2.48. The number of piperidine rings is 1. The number of amides is 2. The molecule has 1 fully saturated rings. The van der Waals surface area contributed by atoms with E-state index in [0.717, 1.165) is 31.6 Å². The van der Waals surface area contributed by atoms with Crippen LogP contribution in [-0.2, 0) is 4.74 Å². The normalized spacial score (nSPS) is 13.8. The van der Waals surface area contributed by atoms with Gasteiger partial charge in [-0.3, -0.25) is 15.1 Å². The third-order valence-corrected chi connectivity index (χ3v) is 5.50. The van der Waals surface area contributed by atoms with E-state index in [0.29, 0.717) is 22.7 Å².